The molecule has 0 amide bonds. The predicted molar refractivity (Wildman–Crippen MR) is 84.0 cm³/mol. The number of aliphatic hydroxyl groups is 1. The third-order valence-corrected chi connectivity index (χ3v) is 3.92. The maximum Gasteiger partial charge on any atom is 0.139 e. The van der Waals surface area contributed by atoms with Crippen LogP contribution in [0.5, 0.6) is 0 Å². The van der Waals surface area contributed by atoms with Gasteiger partial charge in [0, 0.05) is 9.85 Å². The van der Waals surface area contributed by atoms with E-state index in [0.29, 0.717) is 16.7 Å². The molecule has 0 spiro atoms. The molecule has 1 aliphatic rings. The van der Waals surface area contributed by atoms with Gasteiger partial charge < -0.3 is 9.84 Å². The van der Waals surface area contributed by atoms with Crippen LogP contribution in [-0.2, 0) is 10.3 Å². The summed E-state index contributed by atoms with van der Waals surface area (Å²) in [4.78, 5) is 0. The van der Waals surface area contributed by atoms with Gasteiger partial charge >= 0.3 is 0 Å². The Kier molecular flexibility index (Phi) is 3.26. The monoisotopic (exact) mass is 282 g/mol. The number of hydrogen-bond acceptors (Lipinski definition) is 2. The first kappa shape index (κ1) is 11.7. The van der Waals surface area contributed by atoms with E-state index in [9.17, 15) is 5.11 Å². The van der Waals surface area contributed by atoms with Gasteiger partial charge in [-0.25, -0.2) is 0 Å². The second-order valence-corrected chi connectivity index (χ2v) is 5.11. The summed E-state index contributed by atoms with van der Waals surface area (Å²) in [5, 5.41) is 11.7. The molecule has 21 heavy (non-hydrogen) atoms. The summed E-state index contributed by atoms with van der Waals surface area (Å²) >= 11 is 0. The molecule has 0 unspecified atom stereocenters. The van der Waals surface area contributed by atoms with Crippen LogP contribution in [0.15, 0.2) is 72.3 Å². The molecule has 2 aromatic rings. The number of benzene rings is 2. The van der Waals surface area contributed by atoms with Crippen LogP contribution in [0.4, 0.5) is 0 Å². The maximum absolute atomic E-state index is 11.7. The average molecular weight is 282 g/mol. The third-order valence-electron chi connectivity index (χ3n) is 3.92. The molecule has 0 aliphatic heterocycles. The highest BCUT2D eigenvalue weighted by atomic mass is 16.5. The molecule has 0 radical (unpaired) electrons. The van der Waals surface area contributed by atoms with E-state index in [1.807, 2.05) is 60.7 Å². The maximum atomic E-state index is 11.7. The van der Waals surface area contributed by atoms with Crippen LogP contribution in [0.3, 0.4) is 0 Å². The zero-order valence-corrected chi connectivity index (χ0v) is 11.9. The SMILES string of the molecule is [2H][C@H]1[C@@H]([2H])C=C(C(O)(c2ccccc2)c2ccccc2)[C@@H]1OC. The highest BCUT2D eigenvalue weighted by molar-refractivity contribution is 5.47. The van der Waals surface area contributed by atoms with Crippen molar-refractivity contribution in [1.82, 2.24) is 0 Å². The van der Waals surface area contributed by atoms with Gasteiger partial charge in [-0.1, -0.05) is 66.7 Å². The van der Waals surface area contributed by atoms with E-state index >= 15 is 0 Å². The Balaban J connectivity index is 2.20. The minimum absolute atomic E-state index is 0.567. The first-order valence-electron chi connectivity index (χ1n) is 8.17. The van der Waals surface area contributed by atoms with Gasteiger partial charge in [0.15, 0.2) is 0 Å². The largest absolute Gasteiger partial charge is 0.377 e. The summed E-state index contributed by atoms with van der Waals surface area (Å²) in [6.07, 6.45) is -0.406. The van der Waals surface area contributed by atoms with Crippen molar-refractivity contribution in [2.24, 2.45) is 0 Å². The summed E-state index contributed by atoms with van der Waals surface area (Å²) in [5.74, 6) is 0. The summed E-state index contributed by atoms with van der Waals surface area (Å²) < 4.78 is 21.7. The number of allylic oxidation sites excluding steroid dienone is 1. The Labute approximate surface area is 128 Å². The molecule has 108 valence electrons. The van der Waals surface area contributed by atoms with Crippen molar-refractivity contribution >= 4 is 0 Å². The van der Waals surface area contributed by atoms with Crippen molar-refractivity contribution in [2.75, 3.05) is 7.11 Å². The minimum Gasteiger partial charge on any atom is -0.377 e. The van der Waals surface area contributed by atoms with Crippen molar-refractivity contribution in [3.05, 3.63) is 83.4 Å². The van der Waals surface area contributed by atoms with Gasteiger partial charge in [0.25, 0.3) is 0 Å². The summed E-state index contributed by atoms with van der Waals surface area (Å²) in [6.45, 7) is 0. The molecule has 3 rings (SSSR count). The van der Waals surface area contributed by atoms with E-state index in [0.717, 1.165) is 0 Å². The Hall–Kier alpha value is -1.90. The highest BCUT2D eigenvalue weighted by Gasteiger charge is 2.41. The Morgan fingerprint density at radius 2 is 1.57 bits per heavy atom. The van der Waals surface area contributed by atoms with Crippen LogP contribution in [0, 0.1) is 0 Å². The molecule has 2 aromatic carbocycles. The van der Waals surface area contributed by atoms with E-state index in [1.165, 1.54) is 7.11 Å². The second-order valence-electron chi connectivity index (χ2n) is 5.11. The van der Waals surface area contributed by atoms with Crippen LogP contribution in [0.1, 0.15) is 26.7 Å². The normalized spacial score (nSPS) is 27.0. The van der Waals surface area contributed by atoms with Gasteiger partial charge in [0.2, 0.25) is 0 Å². The molecule has 0 bridgehead atoms. The Bertz CT molecular complexity index is 646. The summed E-state index contributed by atoms with van der Waals surface area (Å²) in [7, 11) is 1.52. The van der Waals surface area contributed by atoms with Crippen LogP contribution >= 0.6 is 0 Å². The fraction of sp³-hybridized carbons (Fsp3) is 0.263. The van der Waals surface area contributed by atoms with Crippen molar-refractivity contribution in [3.8, 4) is 0 Å². The van der Waals surface area contributed by atoms with Crippen LogP contribution < -0.4 is 0 Å². The lowest BCUT2D eigenvalue weighted by atomic mass is 9.79. The second kappa shape index (κ2) is 5.84. The van der Waals surface area contributed by atoms with Gasteiger partial charge in [-0.3, -0.25) is 0 Å². The Morgan fingerprint density at radius 1 is 1.05 bits per heavy atom. The smallest absolute Gasteiger partial charge is 0.139 e. The van der Waals surface area contributed by atoms with E-state index < -0.39 is 24.5 Å². The summed E-state index contributed by atoms with van der Waals surface area (Å²) in [5.41, 5.74) is 0.581. The molecule has 0 heterocycles. The first-order valence-corrected chi connectivity index (χ1v) is 7.02. The van der Waals surface area contributed by atoms with Gasteiger partial charge in [0.1, 0.15) is 5.60 Å². The summed E-state index contributed by atoms with van der Waals surface area (Å²) in [6, 6.07) is 18.7. The molecule has 2 heteroatoms. The molecule has 0 aromatic heterocycles. The molecule has 1 N–H and O–H groups in total. The molecular weight excluding hydrogens is 260 g/mol. The van der Waals surface area contributed by atoms with Gasteiger partial charge in [0.05, 0.1) is 6.10 Å². The van der Waals surface area contributed by atoms with Crippen molar-refractivity contribution in [1.29, 1.82) is 0 Å². The van der Waals surface area contributed by atoms with E-state index in [-0.39, 0.29) is 0 Å². The molecule has 0 saturated heterocycles. The van der Waals surface area contributed by atoms with Crippen LogP contribution in [0.2, 0.25) is 0 Å². The lowest BCUT2D eigenvalue weighted by Gasteiger charge is -2.34. The lowest BCUT2D eigenvalue weighted by Crippen LogP contribution is -2.34. The highest BCUT2D eigenvalue weighted by Crippen LogP contribution is 2.42. The molecule has 0 fully saturated rings. The molecule has 1 aliphatic carbocycles. The topological polar surface area (TPSA) is 29.5 Å². The first-order chi connectivity index (χ1) is 11.1. The fourth-order valence-corrected chi connectivity index (χ4v) is 2.85. The third kappa shape index (κ3) is 2.41. The average Bonchev–Trinajstić information content (AvgIpc) is 2.90. The lowest BCUT2D eigenvalue weighted by molar-refractivity contribution is 0.0619. The number of methoxy groups -OCH3 is 1. The fourth-order valence-electron chi connectivity index (χ4n) is 2.85. The minimum atomic E-state index is -1.40. The van der Waals surface area contributed by atoms with E-state index in [2.05, 4.69) is 0 Å². The molecular formula is C19H20O2. The van der Waals surface area contributed by atoms with E-state index in [1.54, 1.807) is 6.08 Å². The molecule has 3 atom stereocenters. The van der Waals surface area contributed by atoms with E-state index in [4.69, 9.17) is 7.48 Å². The van der Waals surface area contributed by atoms with Gasteiger partial charge in [-0.15, -0.1) is 0 Å². The zero-order chi connectivity index (χ0) is 16.4. The van der Waals surface area contributed by atoms with Crippen molar-refractivity contribution in [3.63, 3.8) is 0 Å². The standard InChI is InChI=1S/C19H20O2/c1-21-18-14-8-13-17(18)19(20,15-9-4-2-5-10-15)16-11-6-3-7-12-16/h2-7,9-13,18,20H,8,14H2,1H3/t18-/m1/s1/i8D,14D/t8-,14-,18+/m0. The molecule has 2 nitrogen and oxygen atoms in total. The number of ether oxygens (including phenoxy) is 1. The van der Waals surface area contributed by atoms with Crippen molar-refractivity contribution in [2.45, 2.75) is 24.5 Å². The number of rotatable bonds is 4. The quantitative estimate of drug-likeness (QED) is 0.867. The van der Waals surface area contributed by atoms with Crippen molar-refractivity contribution < 1.29 is 12.6 Å². The molecule has 0 saturated carbocycles. The predicted octanol–water partition coefficient (Wildman–Crippen LogP) is 3.66. The van der Waals surface area contributed by atoms with Gasteiger partial charge in [-0.2, -0.15) is 0 Å². The Morgan fingerprint density at radius 3 is 2.05 bits per heavy atom. The van der Waals surface area contributed by atoms with Crippen LogP contribution in [0.25, 0.3) is 0 Å². The van der Waals surface area contributed by atoms with Crippen LogP contribution in [-0.4, -0.2) is 18.3 Å². The zero-order valence-electron chi connectivity index (χ0n) is 13.9. The number of hydrogen-bond donors (Lipinski definition) is 1. The van der Waals surface area contributed by atoms with Gasteiger partial charge in [-0.05, 0) is 29.5 Å².